The van der Waals surface area contributed by atoms with Gasteiger partial charge in [0.25, 0.3) is 0 Å². The van der Waals surface area contributed by atoms with Crippen LogP contribution in [0.4, 0.5) is 21.0 Å². The van der Waals surface area contributed by atoms with E-state index < -0.39 is 0 Å². The van der Waals surface area contributed by atoms with Gasteiger partial charge in [-0.1, -0.05) is 0 Å². The van der Waals surface area contributed by atoms with E-state index in [0.717, 1.165) is 24.2 Å². The average molecular weight is 274 g/mol. The Bertz CT molecular complexity index is 510. The number of hydrogen-bond acceptors (Lipinski definition) is 2. The van der Waals surface area contributed by atoms with Gasteiger partial charge in [-0.25, -0.2) is 9.59 Å². The fourth-order valence-electron chi connectivity index (χ4n) is 2.35. The summed E-state index contributed by atoms with van der Waals surface area (Å²) in [7, 11) is 0. The third kappa shape index (κ3) is 2.68. The molecule has 1 aliphatic carbocycles. The van der Waals surface area contributed by atoms with Crippen LogP contribution in [0.15, 0.2) is 24.3 Å². The lowest BCUT2D eigenvalue weighted by molar-refractivity contribution is 0.240. The molecule has 6 nitrogen and oxygen atoms in total. The molecule has 20 heavy (non-hydrogen) atoms. The number of urea groups is 2. The molecule has 0 aromatic heterocycles. The van der Waals surface area contributed by atoms with E-state index >= 15 is 0 Å². The topological polar surface area (TPSA) is 73.5 Å². The fraction of sp³-hybridized carbons (Fsp3) is 0.429. The molecule has 1 aliphatic heterocycles. The molecule has 106 valence electrons. The molecule has 1 heterocycles. The zero-order valence-electron chi connectivity index (χ0n) is 11.2. The minimum atomic E-state index is -0.165. The summed E-state index contributed by atoms with van der Waals surface area (Å²) in [6.45, 7) is 1.34. The summed E-state index contributed by atoms with van der Waals surface area (Å²) in [6.07, 6.45) is 3.32. The number of rotatable bonds is 3. The minimum absolute atomic E-state index is 0.0755. The molecule has 1 saturated heterocycles. The van der Waals surface area contributed by atoms with Crippen molar-refractivity contribution in [2.24, 2.45) is 0 Å². The number of carbonyl (C=O) groups excluding carboxylic acids is 2. The van der Waals surface area contributed by atoms with Crippen LogP contribution in [0.3, 0.4) is 0 Å². The van der Waals surface area contributed by atoms with Crippen LogP contribution in [0.1, 0.15) is 19.3 Å². The van der Waals surface area contributed by atoms with Crippen LogP contribution in [0.5, 0.6) is 0 Å². The smallest absolute Gasteiger partial charge is 0.321 e. The Morgan fingerprint density at radius 2 is 2.00 bits per heavy atom. The Kier molecular flexibility index (Phi) is 3.45. The Morgan fingerprint density at radius 1 is 1.25 bits per heavy atom. The molecule has 0 bridgehead atoms. The largest absolute Gasteiger partial charge is 0.336 e. The summed E-state index contributed by atoms with van der Waals surface area (Å²) < 4.78 is 0. The highest BCUT2D eigenvalue weighted by Gasteiger charge is 2.21. The van der Waals surface area contributed by atoms with Gasteiger partial charge in [-0.2, -0.15) is 0 Å². The van der Waals surface area contributed by atoms with Crippen molar-refractivity contribution in [3.8, 4) is 0 Å². The molecule has 2 fully saturated rings. The van der Waals surface area contributed by atoms with Gasteiger partial charge in [0, 0.05) is 30.5 Å². The van der Waals surface area contributed by atoms with E-state index in [1.165, 1.54) is 6.42 Å². The van der Waals surface area contributed by atoms with Crippen molar-refractivity contribution in [1.29, 1.82) is 0 Å². The SMILES string of the molecule is O=C(Nc1ccc(N2CCNC2=O)cc1)NC1CCC1. The summed E-state index contributed by atoms with van der Waals surface area (Å²) in [6, 6.07) is 7.37. The van der Waals surface area contributed by atoms with Crippen LogP contribution >= 0.6 is 0 Å². The molecular weight excluding hydrogens is 256 g/mol. The molecule has 1 aromatic rings. The fourth-order valence-corrected chi connectivity index (χ4v) is 2.35. The second-order valence-electron chi connectivity index (χ2n) is 5.16. The highest BCUT2D eigenvalue weighted by atomic mass is 16.2. The highest BCUT2D eigenvalue weighted by molar-refractivity contribution is 5.94. The maximum atomic E-state index is 11.7. The molecule has 3 rings (SSSR count). The quantitative estimate of drug-likeness (QED) is 0.787. The van der Waals surface area contributed by atoms with Gasteiger partial charge in [0.1, 0.15) is 0 Å². The van der Waals surface area contributed by atoms with E-state index in [-0.39, 0.29) is 12.1 Å². The van der Waals surface area contributed by atoms with Gasteiger partial charge in [0.2, 0.25) is 0 Å². The van der Waals surface area contributed by atoms with Gasteiger partial charge in [-0.05, 0) is 43.5 Å². The second-order valence-corrected chi connectivity index (χ2v) is 5.16. The molecular formula is C14H18N4O2. The summed E-state index contributed by atoms with van der Waals surface area (Å²) >= 11 is 0. The summed E-state index contributed by atoms with van der Waals surface area (Å²) in [5.41, 5.74) is 1.56. The molecule has 0 atom stereocenters. The molecule has 3 N–H and O–H groups in total. The lowest BCUT2D eigenvalue weighted by Crippen LogP contribution is -2.41. The Hall–Kier alpha value is -2.24. The predicted octanol–water partition coefficient (Wildman–Crippen LogP) is 1.89. The van der Waals surface area contributed by atoms with Crippen LogP contribution in [0.2, 0.25) is 0 Å². The van der Waals surface area contributed by atoms with Crippen molar-refractivity contribution < 1.29 is 9.59 Å². The minimum Gasteiger partial charge on any atom is -0.336 e. The predicted molar refractivity (Wildman–Crippen MR) is 77.0 cm³/mol. The standard InChI is InChI=1S/C14H18N4O2/c19-13(16-10-2-1-3-10)17-11-4-6-12(7-5-11)18-9-8-15-14(18)20/h4-7,10H,1-3,8-9H2,(H,15,20)(H2,16,17,19). The third-order valence-corrected chi connectivity index (χ3v) is 3.73. The van der Waals surface area contributed by atoms with Gasteiger partial charge in [-0.15, -0.1) is 0 Å². The third-order valence-electron chi connectivity index (χ3n) is 3.73. The maximum absolute atomic E-state index is 11.7. The first-order chi connectivity index (χ1) is 9.72. The first-order valence-electron chi connectivity index (χ1n) is 6.95. The van der Waals surface area contributed by atoms with E-state index in [9.17, 15) is 9.59 Å². The van der Waals surface area contributed by atoms with E-state index in [4.69, 9.17) is 0 Å². The van der Waals surface area contributed by atoms with E-state index in [2.05, 4.69) is 16.0 Å². The van der Waals surface area contributed by atoms with Crippen LogP contribution in [-0.4, -0.2) is 31.2 Å². The normalized spacial score (nSPS) is 18.4. The zero-order valence-corrected chi connectivity index (χ0v) is 11.2. The molecule has 1 aromatic carbocycles. The van der Waals surface area contributed by atoms with Gasteiger partial charge in [-0.3, -0.25) is 4.90 Å². The van der Waals surface area contributed by atoms with Crippen molar-refractivity contribution in [2.45, 2.75) is 25.3 Å². The summed E-state index contributed by atoms with van der Waals surface area (Å²) in [5.74, 6) is 0. The number of benzene rings is 1. The first-order valence-corrected chi connectivity index (χ1v) is 6.95. The van der Waals surface area contributed by atoms with Crippen molar-refractivity contribution in [3.63, 3.8) is 0 Å². The molecule has 2 aliphatic rings. The zero-order chi connectivity index (χ0) is 13.9. The van der Waals surface area contributed by atoms with E-state index in [0.29, 0.717) is 19.1 Å². The highest BCUT2D eigenvalue weighted by Crippen LogP contribution is 2.20. The van der Waals surface area contributed by atoms with Crippen LogP contribution < -0.4 is 20.9 Å². The first kappa shape index (κ1) is 12.8. The van der Waals surface area contributed by atoms with Gasteiger partial charge in [0.05, 0.1) is 0 Å². The van der Waals surface area contributed by atoms with Gasteiger partial charge < -0.3 is 16.0 Å². The Balaban J connectivity index is 1.58. The molecule has 4 amide bonds. The number of hydrogen-bond donors (Lipinski definition) is 3. The number of anilines is 2. The summed E-state index contributed by atoms with van der Waals surface area (Å²) in [4.78, 5) is 24.9. The van der Waals surface area contributed by atoms with E-state index in [1.54, 1.807) is 17.0 Å². The van der Waals surface area contributed by atoms with Crippen molar-refractivity contribution >= 4 is 23.4 Å². The second kappa shape index (κ2) is 5.40. The number of nitrogens with one attached hydrogen (secondary N) is 3. The van der Waals surface area contributed by atoms with Crippen molar-refractivity contribution in [1.82, 2.24) is 10.6 Å². The van der Waals surface area contributed by atoms with E-state index in [1.807, 2.05) is 12.1 Å². The van der Waals surface area contributed by atoms with Gasteiger partial charge in [0.15, 0.2) is 0 Å². The van der Waals surface area contributed by atoms with Crippen LogP contribution in [0, 0.1) is 0 Å². The van der Waals surface area contributed by atoms with Crippen LogP contribution in [0.25, 0.3) is 0 Å². The summed E-state index contributed by atoms with van der Waals surface area (Å²) in [5, 5.41) is 8.47. The lowest BCUT2D eigenvalue weighted by Gasteiger charge is -2.26. The Labute approximate surface area is 117 Å². The molecule has 6 heteroatoms. The number of amides is 4. The van der Waals surface area contributed by atoms with Crippen molar-refractivity contribution in [3.05, 3.63) is 24.3 Å². The number of nitrogens with zero attached hydrogens (tertiary/aromatic N) is 1. The Morgan fingerprint density at radius 3 is 2.55 bits per heavy atom. The van der Waals surface area contributed by atoms with Crippen molar-refractivity contribution in [2.75, 3.05) is 23.3 Å². The van der Waals surface area contributed by atoms with Gasteiger partial charge >= 0.3 is 12.1 Å². The lowest BCUT2D eigenvalue weighted by atomic mass is 9.93. The average Bonchev–Trinajstić information content (AvgIpc) is 2.81. The van der Waals surface area contributed by atoms with Crippen LogP contribution in [-0.2, 0) is 0 Å². The monoisotopic (exact) mass is 274 g/mol. The number of carbonyl (C=O) groups is 2. The molecule has 1 saturated carbocycles. The molecule has 0 radical (unpaired) electrons. The maximum Gasteiger partial charge on any atom is 0.321 e. The molecule has 0 spiro atoms. The molecule has 0 unspecified atom stereocenters.